The van der Waals surface area contributed by atoms with E-state index in [9.17, 15) is 14.4 Å². The van der Waals surface area contributed by atoms with Crippen molar-refractivity contribution < 1.29 is 19.1 Å². The fourth-order valence-corrected chi connectivity index (χ4v) is 2.04. The lowest BCUT2D eigenvalue weighted by Crippen LogP contribution is -2.44. The van der Waals surface area contributed by atoms with Crippen LogP contribution in [0.2, 0.25) is 0 Å². The van der Waals surface area contributed by atoms with E-state index in [4.69, 9.17) is 10.5 Å². The molecule has 112 valence electrons. The molecule has 21 heavy (non-hydrogen) atoms. The molecule has 0 aromatic heterocycles. The summed E-state index contributed by atoms with van der Waals surface area (Å²) >= 11 is 0. The van der Waals surface area contributed by atoms with Crippen LogP contribution in [-0.4, -0.2) is 23.8 Å². The minimum Gasteiger partial charge on any atom is -0.427 e. The third-order valence-electron chi connectivity index (χ3n) is 3.27. The van der Waals surface area contributed by atoms with Crippen molar-refractivity contribution in [3.8, 4) is 5.75 Å². The molecule has 1 fully saturated rings. The Bertz CT molecular complexity index is 567. The first-order valence-electron chi connectivity index (χ1n) is 6.84. The number of primary amides is 1. The Morgan fingerprint density at radius 2 is 2.10 bits per heavy atom. The molecule has 0 radical (unpaired) electrons. The molecule has 1 aliphatic carbocycles. The molecule has 0 unspecified atom stereocenters. The number of benzene rings is 1. The van der Waals surface area contributed by atoms with E-state index < -0.39 is 23.8 Å². The lowest BCUT2D eigenvalue weighted by atomic mass is 10.1. The molecule has 6 nitrogen and oxygen atoms in total. The number of carbonyl (C=O) groups excluding carboxylic acids is 3. The summed E-state index contributed by atoms with van der Waals surface area (Å²) in [6.07, 6.45) is 2.72. The maximum absolute atomic E-state index is 12.1. The Balaban J connectivity index is 2.03. The first-order chi connectivity index (χ1) is 9.95. The van der Waals surface area contributed by atoms with Gasteiger partial charge in [-0.3, -0.25) is 14.4 Å². The summed E-state index contributed by atoms with van der Waals surface area (Å²) < 4.78 is 4.92. The van der Waals surface area contributed by atoms with Crippen molar-refractivity contribution in [3.05, 3.63) is 29.8 Å². The van der Waals surface area contributed by atoms with E-state index in [2.05, 4.69) is 5.32 Å². The number of hydrogen-bond donors (Lipinski definition) is 2. The van der Waals surface area contributed by atoms with Gasteiger partial charge in [-0.05, 0) is 30.5 Å². The van der Waals surface area contributed by atoms with Gasteiger partial charge in [-0.1, -0.05) is 18.9 Å². The van der Waals surface area contributed by atoms with Gasteiger partial charge in [-0.25, -0.2) is 0 Å². The molecular formula is C15H18N2O4. The van der Waals surface area contributed by atoms with Crippen molar-refractivity contribution in [2.24, 2.45) is 11.7 Å². The molecule has 0 heterocycles. The molecule has 1 atom stereocenters. The second kappa shape index (κ2) is 6.39. The Morgan fingerprint density at radius 3 is 2.67 bits per heavy atom. The summed E-state index contributed by atoms with van der Waals surface area (Å²) in [5.74, 6) is -0.653. The molecular weight excluding hydrogens is 272 g/mol. The Labute approximate surface area is 122 Å². The van der Waals surface area contributed by atoms with Gasteiger partial charge in [0, 0.05) is 12.5 Å². The third kappa shape index (κ3) is 4.59. The first-order valence-corrected chi connectivity index (χ1v) is 6.84. The standard InChI is InChI=1S/C15H18N2O4/c1-9(18)21-12-4-2-3-11(8-12)15(20)17-13(14(16)19)7-10-5-6-10/h2-4,8,10,13H,5-7H2,1H3,(H2,16,19)(H,17,20)/t13-/m0/s1. The van der Waals surface area contributed by atoms with Crippen LogP contribution in [0.1, 0.15) is 36.5 Å². The van der Waals surface area contributed by atoms with E-state index in [0.717, 1.165) is 12.8 Å². The van der Waals surface area contributed by atoms with Crippen LogP contribution in [0.4, 0.5) is 0 Å². The zero-order chi connectivity index (χ0) is 15.4. The maximum atomic E-state index is 12.1. The number of carbonyl (C=O) groups is 3. The van der Waals surface area contributed by atoms with Gasteiger partial charge in [0.2, 0.25) is 5.91 Å². The van der Waals surface area contributed by atoms with E-state index in [-0.39, 0.29) is 5.75 Å². The fourth-order valence-electron chi connectivity index (χ4n) is 2.04. The van der Waals surface area contributed by atoms with Crippen molar-refractivity contribution in [2.45, 2.75) is 32.2 Å². The summed E-state index contributed by atoms with van der Waals surface area (Å²) in [5.41, 5.74) is 5.63. The molecule has 1 aromatic carbocycles. The number of nitrogens with one attached hydrogen (secondary N) is 1. The SMILES string of the molecule is CC(=O)Oc1cccc(C(=O)N[C@@H](CC2CC2)C(N)=O)c1. The largest absolute Gasteiger partial charge is 0.427 e. The number of ether oxygens (including phenoxy) is 1. The minimum absolute atomic E-state index is 0.285. The Hall–Kier alpha value is -2.37. The topological polar surface area (TPSA) is 98.5 Å². The smallest absolute Gasteiger partial charge is 0.308 e. The number of rotatable bonds is 6. The van der Waals surface area contributed by atoms with Crippen LogP contribution in [0.3, 0.4) is 0 Å². The zero-order valence-corrected chi connectivity index (χ0v) is 11.8. The molecule has 0 bridgehead atoms. The molecule has 2 rings (SSSR count). The van der Waals surface area contributed by atoms with Crippen LogP contribution < -0.4 is 15.8 Å². The molecule has 2 amide bonds. The van der Waals surface area contributed by atoms with Crippen LogP contribution in [0.5, 0.6) is 5.75 Å². The van der Waals surface area contributed by atoms with Crippen LogP contribution in [-0.2, 0) is 9.59 Å². The van der Waals surface area contributed by atoms with Crippen LogP contribution in [0, 0.1) is 5.92 Å². The van der Waals surface area contributed by atoms with Crippen molar-refractivity contribution >= 4 is 17.8 Å². The molecule has 1 aliphatic rings. The Morgan fingerprint density at radius 1 is 1.38 bits per heavy atom. The zero-order valence-electron chi connectivity index (χ0n) is 11.8. The highest BCUT2D eigenvalue weighted by Crippen LogP contribution is 2.33. The van der Waals surface area contributed by atoms with E-state index in [1.165, 1.54) is 13.0 Å². The highest BCUT2D eigenvalue weighted by atomic mass is 16.5. The van der Waals surface area contributed by atoms with E-state index in [1.807, 2.05) is 0 Å². The lowest BCUT2D eigenvalue weighted by molar-refractivity contribution is -0.131. The number of hydrogen-bond acceptors (Lipinski definition) is 4. The monoisotopic (exact) mass is 290 g/mol. The number of amides is 2. The molecule has 6 heteroatoms. The second-order valence-corrected chi connectivity index (χ2v) is 5.23. The van der Waals surface area contributed by atoms with Gasteiger partial charge in [0.25, 0.3) is 5.91 Å². The molecule has 0 aliphatic heterocycles. The van der Waals surface area contributed by atoms with Crippen molar-refractivity contribution in [1.29, 1.82) is 0 Å². The van der Waals surface area contributed by atoms with Crippen LogP contribution >= 0.6 is 0 Å². The van der Waals surface area contributed by atoms with Gasteiger partial charge < -0.3 is 15.8 Å². The summed E-state index contributed by atoms with van der Waals surface area (Å²) in [6.45, 7) is 1.28. The van der Waals surface area contributed by atoms with Gasteiger partial charge in [0.1, 0.15) is 11.8 Å². The Kier molecular flexibility index (Phi) is 4.57. The predicted octanol–water partition coefficient (Wildman–Crippen LogP) is 0.996. The van der Waals surface area contributed by atoms with Crippen molar-refractivity contribution in [3.63, 3.8) is 0 Å². The molecule has 1 saturated carbocycles. The van der Waals surface area contributed by atoms with Gasteiger partial charge in [-0.2, -0.15) is 0 Å². The summed E-state index contributed by atoms with van der Waals surface area (Å²) in [4.78, 5) is 34.4. The van der Waals surface area contributed by atoms with Crippen LogP contribution in [0.25, 0.3) is 0 Å². The van der Waals surface area contributed by atoms with Crippen molar-refractivity contribution in [1.82, 2.24) is 5.32 Å². The summed E-state index contributed by atoms with van der Waals surface area (Å²) in [5, 5.41) is 2.63. The molecule has 1 aromatic rings. The number of esters is 1. The summed E-state index contributed by atoms with van der Waals surface area (Å²) in [7, 11) is 0. The van der Waals surface area contributed by atoms with E-state index in [0.29, 0.717) is 17.9 Å². The predicted molar refractivity (Wildman–Crippen MR) is 75.5 cm³/mol. The molecule has 0 spiro atoms. The van der Waals surface area contributed by atoms with E-state index in [1.54, 1.807) is 18.2 Å². The van der Waals surface area contributed by atoms with Crippen molar-refractivity contribution in [2.75, 3.05) is 0 Å². The van der Waals surface area contributed by atoms with Gasteiger partial charge >= 0.3 is 5.97 Å². The van der Waals surface area contributed by atoms with Crippen LogP contribution in [0.15, 0.2) is 24.3 Å². The number of nitrogens with two attached hydrogens (primary N) is 1. The maximum Gasteiger partial charge on any atom is 0.308 e. The average Bonchev–Trinajstić information content (AvgIpc) is 3.21. The quantitative estimate of drug-likeness (QED) is 0.603. The minimum atomic E-state index is -0.664. The van der Waals surface area contributed by atoms with Gasteiger partial charge in [0.15, 0.2) is 0 Å². The van der Waals surface area contributed by atoms with Gasteiger partial charge in [-0.15, -0.1) is 0 Å². The normalized spacial score (nSPS) is 15.1. The van der Waals surface area contributed by atoms with Gasteiger partial charge in [0.05, 0.1) is 0 Å². The molecule has 3 N–H and O–H groups in total. The molecule has 0 saturated heterocycles. The highest BCUT2D eigenvalue weighted by molar-refractivity contribution is 5.97. The highest BCUT2D eigenvalue weighted by Gasteiger charge is 2.29. The third-order valence-corrected chi connectivity index (χ3v) is 3.27. The van der Waals surface area contributed by atoms with E-state index >= 15 is 0 Å². The fraction of sp³-hybridized carbons (Fsp3) is 0.400. The second-order valence-electron chi connectivity index (χ2n) is 5.23. The lowest BCUT2D eigenvalue weighted by Gasteiger charge is -2.15. The summed E-state index contributed by atoms with van der Waals surface area (Å²) in [6, 6.07) is 5.55. The first kappa shape index (κ1) is 15.0. The average molecular weight is 290 g/mol.